The molecule has 3 aromatic rings. The Hall–Kier alpha value is -2.54. The highest BCUT2D eigenvalue weighted by atomic mass is 16.5. The largest absolute Gasteiger partial charge is 0.492 e. The van der Waals surface area contributed by atoms with Crippen LogP contribution in [0.5, 0.6) is 5.75 Å². The number of pyridine rings is 1. The number of nitrogens with zero attached hydrogens (tertiary/aromatic N) is 4. The molecule has 1 N–H and O–H groups in total. The third kappa shape index (κ3) is 4.78. The molecule has 0 spiro atoms. The fourth-order valence-corrected chi connectivity index (χ4v) is 4.00. The van der Waals surface area contributed by atoms with Crippen molar-refractivity contribution in [3.05, 3.63) is 47.8 Å². The van der Waals surface area contributed by atoms with Crippen molar-refractivity contribution in [2.75, 3.05) is 25.0 Å². The number of nitrogens with one attached hydrogen (secondary N) is 1. The third-order valence-electron chi connectivity index (χ3n) is 5.84. The second kappa shape index (κ2) is 9.52. The highest BCUT2D eigenvalue weighted by Crippen LogP contribution is 2.26. The Morgan fingerprint density at radius 3 is 2.73 bits per heavy atom. The SMILES string of the molecule is BN1CCC(Nc2nc3ccccc3n2Cc2nc(C)ccc2OCCCC)CC1. The van der Waals surface area contributed by atoms with E-state index in [1.54, 1.807) is 0 Å². The van der Waals surface area contributed by atoms with E-state index >= 15 is 0 Å². The highest BCUT2D eigenvalue weighted by molar-refractivity contribution is 6.04. The summed E-state index contributed by atoms with van der Waals surface area (Å²) < 4.78 is 8.32. The minimum absolute atomic E-state index is 0.447. The number of unbranched alkanes of at least 4 members (excludes halogenated alkanes) is 1. The molecule has 0 radical (unpaired) electrons. The number of anilines is 1. The Bertz CT molecular complexity index is 981. The van der Waals surface area contributed by atoms with Crippen LogP contribution >= 0.6 is 0 Å². The molecule has 1 saturated heterocycles. The van der Waals surface area contributed by atoms with E-state index in [-0.39, 0.29) is 0 Å². The molecule has 1 aliphatic rings. The summed E-state index contributed by atoms with van der Waals surface area (Å²) in [4.78, 5) is 12.1. The number of ether oxygens (including phenoxy) is 1. The molecule has 4 rings (SSSR count). The minimum atomic E-state index is 0.447. The number of imidazole rings is 1. The molecular formula is C23H32BN5O. The first-order chi connectivity index (χ1) is 14.6. The fraction of sp³-hybridized carbons (Fsp3) is 0.478. The average molecular weight is 405 g/mol. The predicted molar refractivity (Wildman–Crippen MR) is 125 cm³/mol. The van der Waals surface area contributed by atoms with Gasteiger partial charge in [0.15, 0.2) is 7.98 Å². The van der Waals surface area contributed by atoms with Gasteiger partial charge >= 0.3 is 0 Å². The van der Waals surface area contributed by atoms with Crippen LogP contribution in [0.3, 0.4) is 0 Å². The lowest BCUT2D eigenvalue weighted by Gasteiger charge is -2.30. The maximum Gasteiger partial charge on any atom is 0.204 e. The first kappa shape index (κ1) is 20.7. The van der Waals surface area contributed by atoms with E-state index in [0.717, 1.165) is 79.5 Å². The van der Waals surface area contributed by atoms with Gasteiger partial charge in [-0.05, 0) is 63.5 Å². The van der Waals surface area contributed by atoms with Crippen LogP contribution in [0.1, 0.15) is 44.0 Å². The lowest BCUT2D eigenvalue weighted by Crippen LogP contribution is -2.38. The number of piperidine rings is 1. The molecule has 158 valence electrons. The summed E-state index contributed by atoms with van der Waals surface area (Å²) in [6, 6.07) is 12.8. The molecular weight excluding hydrogens is 373 g/mol. The summed E-state index contributed by atoms with van der Waals surface area (Å²) in [5.41, 5.74) is 4.09. The molecule has 0 saturated carbocycles. The Labute approximate surface area is 180 Å². The molecule has 0 atom stereocenters. The smallest absolute Gasteiger partial charge is 0.204 e. The van der Waals surface area contributed by atoms with Crippen molar-refractivity contribution < 1.29 is 4.74 Å². The van der Waals surface area contributed by atoms with E-state index in [9.17, 15) is 0 Å². The number of hydrogen-bond donors (Lipinski definition) is 1. The molecule has 0 bridgehead atoms. The highest BCUT2D eigenvalue weighted by Gasteiger charge is 2.20. The Balaban J connectivity index is 1.64. The first-order valence-corrected chi connectivity index (χ1v) is 11.1. The van der Waals surface area contributed by atoms with E-state index in [4.69, 9.17) is 14.7 Å². The van der Waals surface area contributed by atoms with Gasteiger partial charge in [-0.3, -0.25) is 4.98 Å². The van der Waals surface area contributed by atoms with Crippen LogP contribution in [0.2, 0.25) is 0 Å². The normalized spacial score (nSPS) is 15.5. The van der Waals surface area contributed by atoms with E-state index in [1.807, 2.05) is 19.1 Å². The molecule has 30 heavy (non-hydrogen) atoms. The molecule has 7 heteroatoms. The number of fused-ring (bicyclic) bond motifs is 1. The van der Waals surface area contributed by atoms with Crippen LogP contribution in [0.15, 0.2) is 36.4 Å². The van der Waals surface area contributed by atoms with Crippen LogP contribution < -0.4 is 10.1 Å². The zero-order valence-corrected chi connectivity index (χ0v) is 18.4. The Morgan fingerprint density at radius 1 is 1.13 bits per heavy atom. The van der Waals surface area contributed by atoms with Crippen molar-refractivity contribution >= 4 is 25.0 Å². The zero-order chi connectivity index (χ0) is 20.9. The van der Waals surface area contributed by atoms with Gasteiger partial charge in [0.1, 0.15) is 11.4 Å². The van der Waals surface area contributed by atoms with E-state index in [1.165, 1.54) is 0 Å². The molecule has 1 aliphatic heterocycles. The van der Waals surface area contributed by atoms with E-state index < -0.39 is 0 Å². The molecule has 0 aliphatic carbocycles. The van der Waals surface area contributed by atoms with Crippen molar-refractivity contribution in [3.63, 3.8) is 0 Å². The van der Waals surface area contributed by atoms with Crippen molar-refractivity contribution in [1.82, 2.24) is 19.3 Å². The summed E-state index contributed by atoms with van der Waals surface area (Å²) in [5.74, 6) is 1.80. The lowest BCUT2D eigenvalue weighted by molar-refractivity contribution is 0.304. The van der Waals surface area contributed by atoms with E-state index in [2.05, 4.69) is 53.9 Å². The fourth-order valence-electron chi connectivity index (χ4n) is 4.00. The minimum Gasteiger partial charge on any atom is -0.492 e. The van der Waals surface area contributed by atoms with Crippen LogP contribution in [0, 0.1) is 6.92 Å². The van der Waals surface area contributed by atoms with E-state index in [0.29, 0.717) is 12.6 Å². The standard InChI is InChI=1S/C23H32BN5O/c1-3-4-15-30-22-10-9-17(2)25-20(22)16-29-21-8-6-5-7-19(21)27-23(29)26-18-11-13-28(24)14-12-18/h5-10,18H,3-4,11-16,24H2,1-2H3,(H,26,27). The van der Waals surface area contributed by atoms with Crippen LogP contribution in [-0.2, 0) is 6.54 Å². The second-order valence-electron chi connectivity index (χ2n) is 8.33. The van der Waals surface area contributed by atoms with Gasteiger partial charge in [0, 0.05) is 11.7 Å². The number of hydrogen-bond acceptors (Lipinski definition) is 5. The van der Waals surface area contributed by atoms with Crippen LogP contribution in [0.25, 0.3) is 11.0 Å². The van der Waals surface area contributed by atoms with Crippen molar-refractivity contribution in [2.24, 2.45) is 0 Å². The molecule has 1 aromatic carbocycles. The summed E-state index contributed by atoms with van der Waals surface area (Å²) in [6.45, 7) is 7.80. The van der Waals surface area contributed by atoms with Gasteiger partial charge in [-0.1, -0.05) is 25.5 Å². The average Bonchev–Trinajstić information content (AvgIpc) is 3.08. The molecule has 0 unspecified atom stereocenters. The van der Waals surface area contributed by atoms with Crippen LogP contribution in [-0.4, -0.2) is 53.1 Å². The molecule has 2 aromatic heterocycles. The van der Waals surface area contributed by atoms with Crippen LogP contribution in [0.4, 0.5) is 5.95 Å². The number of para-hydroxylation sites is 2. The third-order valence-corrected chi connectivity index (χ3v) is 5.84. The molecule has 0 amide bonds. The van der Waals surface area contributed by atoms with Gasteiger partial charge in [0.05, 0.1) is 24.2 Å². The Morgan fingerprint density at radius 2 is 1.93 bits per heavy atom. The van der Waals surface area contributed by atoms with Gasteiger partial charge in [0.2, 0.25) is 5.95 Å². The number of rotatable bonds is 8. The quantitative estimate of drug-likeness (QED) is 0.460. The van der Waals surface area contributed by atoms with Gasteiger partial charge in [-0.15, -0.1) is 0 Å². The summed E-state index contributed by atoms with van der Waals surface area (Å²) in [6.07, 6.45) is 4.43. The maximum atomic E-state index is 6.07. The topological polar surface area (TPSA) is 55.2 Å². The maximum absolute atomic E-state index is 6.07. The number of benzene rings is 1. The monoisotopic (exact) mass is 405 g/mol. The molecule has 3 heterocycles. The molecule has 1 fully saturated rings. The predicted octanol–water partition coefficient (Wildman–Crippen LogP) is 3.39. The summed E-state index contributed by atoms with van der Waals surface area (Å²) in [7, 11) is 2.19. The van der Waals surface area contributed by atoms with Gasteiger partial charge in [0.25, 0.3) is 0 Å². The first-order valence-electron chi connectivity index (χ1n) is 11.1. The van der Waals surface area contributed by atoms with Gasteiger partial charge in [-0.25, -0.2) is 4.98 Å². The van der Waals surface area contributed by atoms with Crippen molar-refractivity contribution in [3.8, 4) is 5.75 Å². The summed E-state index contributed by atoms with van der Waals surface area (Å²) >= 11 is 0. The molecule has 6 nitrogen and oxygen atoms in total. The zero-order valence-electron chi connectivity index (χ0n) is 18.4. The number of aryl methyl sites for hydroxylation is 1. The lowest BCUT2D eigenvalue weighted by atomic mass is 10.0. The van der Waals surface area contributed by atoms with Gasteiger partial charge in [-0.2, -0.15) is 0 Å². The van der Waals surface area contributed by atoms with Crippen molar-refractivity contribution in [2.45, 2.75) is 52.1 Å². The Kier molecular flexibility index (Phi) is 6.57. The summed E-state index contributed by atoms with van der Waals surface area (Å²) in [5, 5.41) is 3.72. The second-order valence-corrected chi connectivity index (χ2v) is 8.33. The van der Waals surface area contributed by atoms with Crippen molar-refractivity contribution in [1.29, 1.82) is 0 Å². The number of aromatic nitrogens is 3. The van der Waals surface area contributed by atoms with Gasteiger partial charge < -0.3 is 19.4 Å².